The Morgan fingerprint density at radius 3 is 1.98 bits per heavy atom. The molecule has 2 aliphatic rings. The van der Waals surface area contributed by atoms with E-state index in [1.165, 1.54) is 11.4 Å². The second kappa shape index (κ2) is 12.1. The second-order valence-corrected chi connectivity index (χ2v) is 10.9. The molecule has 3 aromatic carbocycles. The quantitative estimate of drug-likeness (QED) is 0.347. The largest absolute Gasteiger partial charge is 0.422 e. The number of para-hydroxylation sites is 2. The van der Waals surface area contributed by atoms with Gasteiger partial charge in [0.15, 0.2) is 0 Å². The van der Waals surface area contributed by atoms with Crippen molar-refractivity contribution in [1.29, 1.82) is 0 Å². The molecule has 2 fully saturated rings. The number of anilines is 3. The summed E-state index contributed by atoms with van der Waals surface area (Å²) in [4.78, 5) is 34.9. The van der Waals surface area contributed by atoms with Gasteiger partial charge in [0, 0.05) is 93.0 Å². The van der Waals surface area contributed by atoms with Crippen LogP contribution in [0.2, 0.25) is 0 Å². The third-order valence-corrected chi connectivity index (χ3v) is 8.40. The molecule has 0 bridgehead atoms. The summed E-state index contributed by atoms with van der Waals surface area (Å²) in [5, 5.41) is 3.90. The number of benzene rings is 3. The smallest absolute Gasteiger partial charge is 0.339 e. The Kier molecular flexibility index (Phi) is 7.91. The number of hydrogen-bond donors (Lipinski definition) is 1. The average molecular weight is 552 g/mol. The fourth-order valence-electron chi connectivity index (χ4n) is 5.91. The van der Waals surface area contributed by atoms with Gasteiger partial charge in [0.2, 0.25) is 0 Å². The van der Waals surface area contributed by atoms with E-state index in [0.717, 1.165) is 62.3 Å². The van der Waals surface area contributed by atoms with Gasteiger partial charge in [-0.15, -0.1) is 0 Å². The van der Waals surface area contributed by atoms with E-state index in [4.69, 9.17) is 4.42 Å². The van der Waals surface area contributed by atoms with Gasteiger partial charge in [0.1, 0.15) is 5.58 Å². The number of carbonyl (C=O) groups is 1. The molecule has 6 rings (SSSR count). The van der Waals surface area contributed by atoms with Crippen molar-refractivity contribution < 1.29 is 9.21 Å². The van der Waals surface area contributed by atoms with Crippen molar-refractivity contribution in [1.82, 2.24) is 9.80 Å². The van der Waals surface area contributed by atoms with E-state index in [0.29, 0.717) is 30.8 Å². The standard InChI is InChI=1S/C33H37N5O3/c1-25-29-13-12-26(34-33(40)38-22-20-37(21-23-38)28-10-6-3-7-11-28)24-31(29)41-32(39)30(25)14-15-35-16-18-36(19-17-35)27-8-4-2-5-9-27/h2-13,24H,14-23H2,1H3,(H,34,40). The Balaban J connectivity index is 1.05. The number of piperazine rings is 2. The summed E-state index contributed by atoms with van der Waals surface area (Å²) in [7, 11) is 0. The number of nitrogens with zero attached hydrogens (tertiary/aromatic N) is 4. The van der Waals surface area contributed by atoms with E-state index in [2.05, 4.69) is 56.4 Å². The average Bonchev–Trinajstić information content (AvgIpc) is 3.02. The van der Waals surface area contributed by atoms with E-state index in [1.807, 2.05) is 48.2 Å². The van der Waals surface area contributed by atoms with Gasteiger partial charge in [0.05, 0.1) is 0 Å². The van der Waals surface area contributed by atoms with Crippen molar-refractivity contribution in [3.63, 3.8) is 0 Å². The van der Waals surface area contributed by atoms with Crippen molar-refractivity contribution in [3.05, 3.63) is 100 Å². The lowest BCUT2D eigenvalue weighted by Gasteiger charge is -2.36. The highest BCUT2D eigenvalue weighted by atomic mass is 16.4. The lowest BCUT2D eigenvalue weighted by Crippen LogP contribution is -2.50. The maximum absolute atomic E-state index is 13.0. The van der Waals surface area contributed by atoms with Crippen molar-refractivity contribution in [2.75, 3.05) is 74.0 Å². The van der Waals surface area contributed by atoms with Gasteiger partial charge in [-0.1, -0.05) is 36.4 Å². The molecule has 8 heteroatoms. The predicted molar refractivity (Wildman–Crippen MR) is 165 cm³/mol. The van der Waals surface area contributed by atoms with Crippen LogP contribution in [-0.4, -0.2) is 74.7 Å². The van der Waals surface area contributed by atoms with Crippen LogP contribution in [-0.2, 0) is 6.42 Å². The van der Waals surface area contributed by atoms with Gasteiger partial charge in [-0.25, -0.2) is 9.59 Å². The molecule has 0 aliphatic carbocycles. The van der Waals surface area contributed by atoms with E-state index in [-0.39, 0.29) is 11.7 Å². The first-order chi connectivity index (χ1) is 20.0. The molecule has 0 unspecified atom stereocenters. The van der Waals surface area contributed by atoms with Crippen LogP contribution in [0.5, 0.6) is 0 Å². The van der Waals surface area contributed by atoms with Gasteiger partial charge in [0.25, 0.3) is 0 Å². The summed E-state index contributed by atoms with van der Waals surface area (Å²) in [6.07, 6.45) is 0.656. The summed E-state index contributed by atoms with van der Waals surface area (Å²) in [6.45, 7) is 9.58. The summed E-state index contributed by atoms with van der Waals surface area (Å²) in [5.41, 5.74) is 4.96. The number of hydrogen-bond acceptors (Lipinski definition) is 6. The highest BCUT2D eigenvalue weighted by molar-refractivity contribution is 5.93. The fraction of sp³-hybridized carbons (Fsp3) is 0.333. The first kappa shape index (κ1) is 26.9. The minimum atomic E-state index is -0.293. The molecule has 212 valence electrons. The molecule has 2 amide bonds. The fourth-order valence-corrected chi connectivity index (χ4v) is 5.91. The van der Waals surface area contributed by atoms with Gasteiger partial charge in [-0.05, 0) is 55.3 Å². The number of amides is 2. The molecule has 0 saturated carbocycles. The predicted octanol–water partition coefficient (Wildman–Crippen LogP) is 4.82. The minimum absolute atomic E-state index is 0.139. The molecule has 0 radical (unpaired) electrons. The van der Waals surface area contributed by atoms with Crippen molar-refractivity contribution in [3.8, 4) is 0 Å². The zero-order valence-electron chi connectivity index (χ0n) is 23.6. The molecule has 2 aliphatic heterocycles. The lowest BCUT2D eigenvalue weighted by atomic mass is 10.0. The molecular formula is C33H37N5O3. The van der Waals surface area contributed by atoms with Crippen LogP contribution < -0.4 is 20.7 Å². The van der Waals surface area contributed by atoms with Crippen molar-refractivity contribution >= 4 is 34.1 Å². The number of rotatable bonds is 6. The Bertz CT molecular complexity index is 1540. The molecule has 1 N–H and O–H groups in total. The Labute approximate surface area is 240 Å². The molecule has 8 nitrogen and oxygen atoms in total. The summed E-state index contributed by atoms with van der Waals surface area (Å²) in [5.74, 6) is 0. The number of fused-ring (bicyclic) bond motifs is 1. The number of aryl methyl sites for hydroxylation is 1. The summed E-state index contributed by atoms with van der Waals surface area (Å²) >= 11 is 0. The zero-order chi connectivity index (χ0) is 28.2. The van der Waals surface area contributed by atoms with Crippen LogP contribution in [0.1, 0.15) is 11.1 Å². The summed E-state index contributed by atoms with van der Waals surface area (Å²) in [6, 6.07) is 26.2. The molecule has 2 saturated heterocycles. The first-order valence-corrected chi connectivity index (χ1v) is 14.5. The van der Waals surface area contributed by atoms with E-state index >= 15 is 0 Å². The van der Waals surface area contributed by atoms with Crippen molar-refractivity contribution in [2.45, 2.75) is 13.3 Å². The number of urea groups is 1. The van der Waals surface area contributed by atoms with Gasteiger partial charge >= 0.3 is 11.7 Å². The minimum Gasteiger partial charge on any atom is -0.422 e. The van der Waals surface area contributed by atoms with E-state index in [1.54, 1.807) is 6.07 Å². The van der Waals surface area contributed by atoms with Crippen LogP contribution in [0.15, 0.2) is 88.1 Å². The Morgan fingerprint density at radius 1 is 0.780 bits per heavy atom. The molecule has 1 aromatic heterocycles. The van der Waals surface area contributed by atoms with Crippen LogP contribution in [0.4, 0.5) is 21.9 Å². The maximum atomic E-state index is 13.0. The van der Waals surface area contributed by atoms with Gasteiger partial charge < -0.3 is 24.4 Å². The molecule has 0 atom stereocenters. The highest BCUT2D eigenvalue weighted by Crippen LogP contribution is 2.24. The van der Waals surface area contributed by atoms with Crippen LogP contribution in [0.3, 0.4) is 0 Å². The lowest BCUT2D eigenvalue weighted by molar-refractivity contribution is 0.208. The van der Waals surface area contributed by atoms with Crippen molar-refractivity contribution in [2.24, 2.45) is 0 Å². The molecule has 41 heavy (non-hydrogen) atoms. The Morgan fingerprint density at radius 2 is 1.37 bits per heavy atom. The Hall–Kier alpha value is -4.30. The normalized spacial score (nSPS) is 16.3. The third kappa shape index (κ3) is 6.07. The maximum Gasteiger partial charge on any atom is 0.339 e. The molecular weight excluding hydrogens is 514 g/mol. The SMILES string of the molecule is Cc1c(CCN2CCN(c3ccccc3)CC2)c(=O)oc2cc(NC(=O)N3CCN(c4ccccc4)CC3)ccc12. The molecule has 0 spiro atoms. The second-order valence-electron chi connectivity index (χ2n) is 10.9. The van der Waals surface area contributed by atoms with Gasteiger partial charge in [-0.2, -0.15) is 0 Å². The van der Waals surface area contributed by atoms with E-state index in [9.17, 15) is 9.59 Å². The number of nitrogens with one attached hydrogen (secondary N) is 1. The third-order valence-electron chi connectivity index (χ3n) is 8.40. The topological polar surface area (TPSA) is 72.3 Å². The summed E-state index contributed by atoms with van der Waals surface area (Å²) < 4.78 is 5.77. The molecule has 4 aromatic rings. The zero-order valence-corrected chi connectivity index (χ0v) is 23.6. The monoisotopic (exact) mass is 551 g/mol. The van der Waals surface area contributed by atoms with E-state index < -0.39 is 0 Å². The van der Waals surface area contributed by atoms with Crippen LogP contribution in [0, 0.1) is 6.92 Å². The number of carbonyl (C=O) groups excluding carboxylic acids is 1. The van der Waals surface area contributed by atoms with Crippen LogP contribution in [0.25, 0.3) is 11.0 Å². The van der Waals surface area contributed by atoms with Gasteiger partial charge in [-0.3, -0.25) is 4.90 Å². The molecule has 3 heterocycles. The van der Waals surface area contributed by atoms with Crippen LogP contribution >= 0.6 is 0 Å². The first-order valence-electron chi connectivity index (χ1n) is 14.5. The highest BCUT2D eigenvalue weighted by Gasteiger charge is 2.22.